The van der Waals surface area contributed by atoms with Gasteiger partial charge in [-0.2, -0.15) is 13.2 Å². The Hall–Kier alpha value is -1.86. The standard InChI is InChI=1S/C12H6Cl2F3N3O/c13-6-1-7(14)3-8(2-6)20-11(21)9-4-18-5-19-10(9)12(15,16)17/h1-5H,(H,20,21). The highest BCUT2D eigenvalue weighted by Crippen LogP contribution is 2.30. The number of carbonyl (C=O) groups excluding carboxylic acids is 1. The molecule has 0 saturated heterocycles. The van der Waals surface area contributed by atoms with Crippen LogP contribution < -0.4 is 5.32 Å². The van der Waals surface area contributed by atoms with E-state index in [2.05, 4.69) is 15.3 Å². The van der Waals surface area contributed by atoms with Crippen molar-refractivity contribution >= 4 is 34.8 Å². The number of aromatic nitrogens is 2. The first-order valence-electron chi connectivity index (χ1n) is 5.42. The van der Waals surface area contributed by atoms with Gasteiger partial charge in [0.2, 0.25) is 0 Å². The van der Waals surface area contributed by atoms with Crippen LogP contribution in [-0.2, 0) is 6.18 Å². The molecule has 0 aliphatic rings. The van der Waals surface area contributed by atoms with Crippen LogP contribution in [0.25, 0.3) is 0 Å². The molecule has 0 unspecified atom stereocenters. The summed E-state index contributed by atoms with van der Waals surface area (Å²) in [5.41, 5.74) is -1.85. The maximum absolute atomic E-state index is 12.8. The maximum atomic E-state index is 12.8. The number of hydrogen-bond donors (Lipinski definition) is 1. The molecule has 1 heterocycles. The topological polar surface area (TPSA) is 54.9 Å². The molecule has 1 amide bonds. The molecule has 21 heavy (non-hydrogen) atoms. The largest absolute Gasteiger partial charge is 0.434 e. The van der Waals surface area contributed by atoms with Crippen molar-refractivity contribution in [1.29, 1.82) is 0 Å². The molecule has 0 fully saturated rings. The third kappa shape index (κ3) is 3.83. The molecule has 1 aromatic heterocycles. The predicted molar refractivity (Wildman–Crippen MR) is 71.4 cm³/mol. The Kier molecular flexibility index (Phi) is 4.34. The molecule has 0 radical (unpaired) electrons. The molecule has 9 heteroatoms. The van der Waals surface area contributed by atoms with Gasteiger partial charge in [0.1, 0.15) is 6.33 Å². The van der Waals surface area contributed by atoms with E-state index < -0.39 is 23.3 Å². The summed E-state index contributed by atoms with van der Waals surface area (Å²) in [4.78, 5) is 18.5. The molecule has 4 nitrogen and oxygen atoms in total. The van der Waals surface area contributed by atoms with Gasteiger partial charge in [0.25, 0.3) is 5.91 Å². The molecule has 2 aromatic rings. The Balaban J connectivity index is 2.33. The molecule has 0 saturated carbocycles. The average molecular weight is 336 g/mol. The summed E-state index contributed by atoms with van der Waals surface area (Å²) in [6.07, 6.45) is -3.26. The van der Waals surface area contributed by atoms with Gasteiger partial charge in [0.05, 0.1) is 5.56 Å². The summed E-state index contributed by atoms with van der Waals surface area (Å²) in [5.74, 6) is -1.01. The van der Waals surface area contributed by atoms with Gasteiger partial charge in [-0.05, 0) is 18.2 Å². The van der Waals surface area contributed by atoms with Crippen molar-refractivity contribution in [1.82, 2.24) is 9.97 Å². The highest BCUT2D eigenvalue weighted by molar-refractivity contribution is 6.35. The molecule has 2 rings (SSSR count). The van der Waals surface area contributed by atoms with Crippen molar-refractivity contribution in [2.75, 3.05) is 5.32 Å². The zero-order valence-electron chi connectivity index (χ0n) is 10.1. The van der Waals surface area contributed by atoms with Gasteiger partial charge < -0.3 is 5.32 Å². The monoisotopic (exact) mass is 335 g/mol. The molecule has 0 aliphatic carbocycles. The summed E-state index contributed by atoms with van der Waals surface area (Å²) in [6, 6.07) is 4.12. The van der Waals surface area contributed by atoms with Crippen LogP contribution in [0.4, 0.5) is 18.9 Å². The van der Waals surface area contributed by atoms with E-state index in [0.29, 0.717) is 0 Å². The van der Waals surface area contributed by atoms with Gasteiger partial charge in [-0.3, -0.25) is 4.79 Å². The number of benzene rings is 1. The van der Waals surface area contributed by atoms with Crippen molar-refractivity contribution in [3.05, 3.63) is 52.0 Å². The minimum atomic E-state index is -4.76. The number of anilines is 1. The van der Waals surface area contributed by atoms with E-state index in [-0.39, 0.29) is 15.7 Å². The van der Waals surface area contributed by atoms with E-state index >= 15 is 0 Å². The van der Waals surface area contributed by atoms with Crippen LogP contribution in [0.5, 0.6) is 0 Å². The van der Waals surface area contributed by atoms with Crippen molar-refractivity contribution in [2.45, 2.75) is 6.18 Å². The highest BCUT2D eigenvalue weighted by Gasteiger charge is 2.37. The van der Waals surface area contributed by atoms with Crippen LogP contribution in [0.3, 0.4) is 0 Å². The Bertz CT molecular complexity index is 671. The Morgan fingerprint density at radius 3 is 2.33 bits per heavy atom. The molecular formula is C12H6Cl2F3N3O. The molecule has 0 atom stereocenters. The van der Waals surface area contributed by atoms with Crippen LogP contribution in [0, 0.1) is 0 Å². The number of halogens is 5. The fourth-order valence-electron chi connectivity index (χ4n) is 1.55. The number of rotatable bonds is 2. The third-order valence-corrected chi connectivity index (χ3v) is 2.78. The first-order chi connectivity index (χ1) is 9.77. The Morgan fingerprint density at radius 1 is 1.14 bits per heavy atom. The molecule has 110 valence electrons. The van der Waals surface area contributed by atoms with E-state index in [1.54, 1.807) is 0 Å². The Morgan fingerprint density at radius 2 is 1.76 bits per heavy atom. The van der Waals surface area contributed by atoms with Crippen LogP contribution in [0.2, 0.25) is 10.0 Å². The molecule has 0 aliphatic heterocycles. The minimum Gasteiger partial charge on any atom is -0.322 e. The lowest BCUT2D eigenvalue weighted by Gasteiger charge is -2.11. The van der Waals surface area contributed by atoms with Gasteiger partial charge in [0.15, 0.2) is 5.69 Å². The lowest BCUT2D eigenvalue weighted by molar-refractivity contribution is -0.141. The lowest BCUT2D eigenvalue weighted by atomic mass is 10.2. The number of carbonyl (C=O) groups is 1. The number of nitrogens with zero attached hydrogens (tertiary/aromatic N) is 2. The summed E-state index contributed by atoms with van der Waals surface area (Å²) < 4.78 is 38.3. The van der Waals surface area contributed by atoms with E-state index in [4.69, 9.17) is 23.2 Å². The van der Waals surface area contributed by atoms with Gasteiger partial charge in [-0.15, -0.1) is 0 Å². The van der Waals surface area contributed by atoms with Gasteiger partial charge in [0, 0.05) is 21.9 Å². The second kappa shape index (κ2) is 5.87. The van der Waals surface area contributed by atoms with Gasteiger partial charge >= 0.3 is 6.18 Å². The minimum absolute atomic E-state index is 0.162. The quantitative estimate of drug-likeness (QED) is 0.900. The van der Waals surface area contributed by atoms with E-state index in [1.165, 1.54) is 18.2 Å². The van der Waals surface area contributed by atoms with Crippen LogP contribution in [0.1, 0.15) is 16.1 Å². The SMILES string of the molecule is O=C(Nc1cc(Cl)cc(Cl)c1)c1cncnc1C(F)(F)F. The van der Waals surface area contributed by atoms with Gasteiger partial charge in [-0.1, -0.05) is 23.2 Å². The molecule has 1 N–H and O–H groups in total. The third-order valence-electron chi connectivity index (χ3n) is 2.35. The van der Waals surface area contributed by atoms with Crippen LogP contribution in [0.15, 0.2) is 30.7 Å². The second-order valence-electron chi connectivity index (χ2n) is 3.90. The zero-order valence-corrected chi connectivity index (χ0v) is 11.6. The van der Waals surface area contributed by atoms with Crippen molar-refractivity contribution in [3.8, 4) is 0 Å². The van der Waals surface area contributed by atoms with E-state index in [9.17, 15) is 18.0 Å². The normalized spacial score (nSPS) is 11.3. The summed E-state index contributed by atoms with van der Waals surface area (Å²) in [7, 11) is 0. The van der Waals surface area contributed by atoms with Crippen molar-refractivity contribution in [2.24, 2.45) is 0 Å². The van der Waals surface area contributed by atoms with Crippen molar-refractivity contribution < 1.29 is 18.0 Å². The summed E-state index contributed by atoms with van der Waals surface area (Å²) in [5, 5.41) is 2.73. The van der Waals surface area contributed by atoms with Crippen LogP contribution >= 0.6 is 23.2 Å². The van der Waals surface area contributed by atoms with E-state index in [1.807, 2.05) is 0 Å². The predicted octanol–water partition coefficient (Wildman–Crippen LogP) is 4.05. The molecular weight excluding hydrogens is 330 g/mol. The fraction of sp³-hybridized carbons (Fsp3) is 0.0833. The number of nitrogens with one attached hydrogen (secondary N) is 1. The highest BCUT2D eigenvalue weighted by atomic mass is 35.5. The first-order valence-corrected chi connectivity index (χ1v) is 6.17. The number of hydrogen-bond acceptors (Lipinski definition) is 3. The maximum Gasteiger partial charge on any atom is 0.434 e. The Labute approximate surface area is 126 Å². The van der Waals surface area contributed by atoms with Gasteiger partial charge in [-0.25, -0.2) is 9.97 Å². The second-order valence-corrected chi connectivity index (χ2v) is 4.77. The molecule has 0 spiro atoms. The van der Waals surface area contributed by atoms with Crippen LogP contribution in [-0.4, -0.2) is 15.9 Å². The summed E-state index contributed by atoms with van der Waals surface area (Å²) >= 11 is 11.5. The smallest absolute Gasteiger partial charge is 0.322 e. The lowest BCUT2D eigenvalue weighted by Crippen LogP contribution is -2.20. The van der Waals surface area contributed by atoms with E-state index in [0.717, 1.165) is 12.5 Å². The zero-order chi connectivity index (χ0) is 15.6. The number of alkyl halides is 3. The fourth-order valence-corrected chi connectivity index (χ4v) is 2.07. The average Bonchev–Trinajstić information content (AvgIpc) is 2.36. The summed E-state index contributed by atoms with van der Waals surface area (Å²) in [6.45, 7) is 0. The molecule has 0 bridgehead atoms. The molecule has 1 aromatic carbocycles. The number of amides is 1. The van der Waals surface area contributed by atoms with Crippen molar-refractivity contribution in [3.63, 3.8) is 0 Å². The first kappa shape index (κ1) is 15.5.